The smallest absolute Gasteiger partial charge is 0.0553 e. The molecule has 0 aliphatic carbocycles. The van der Waals surface area contributed by atoms with Gasteiger partial charge in [0.1, 0.15) is 0 Å². The van der Waals surface area contributed by atoms with E-state index >= 15 is 0 Å². The van der Waals surface area contributed by atoms with Crippen LogP contribution in [-0.4, -0.2) is 4.57 Å². The second-order valence-electron chi connectivity index (χ2n) is 12.5. The van der Waals surface area contributed by atoms with Crippen LogP contribution in [0.25, 0.3) is 70.9 Å². The van der Waals surface area contributed by atoms with Crippen LogP contribution in [0.3, 0.4) is 0 Å². The Balaban J connectivity index is 1.17. The van der Waals surface area contributed by atoms with Gasteiger partial charge in [0, 0.05) is 33.5 Å². The van der Waals surface area contributed by atoms with Crippen molar-refractivity contribution in [3.8, 4) is 16.8 Å². The predicted molar refractivity (Wildman–Crippen MR) is 205 cm³/mol. The van der Waals surface area contributed by atoms with Gasteiger partial charge in [-0.2, -0.15) is 0 Å². The maximum atomic E-state index is 2.42. The van der Waals surface area contributed by atoms with Crippen LogP contribution in [0.5, 0.6) is 0 Å². The molecule has 2 nitrogen and oxygen atoms in total. The molecule has 48 heavy (non-hydrogen) atoms. The van der Waals surface area contributed by atoms with Gasteiger partial charge in [-0.05, 0) is 104 Å². The van der Waals surface area contributed by atoms with E-state index in [9.17, 15) is 0 Å². The standard InChI is InChI=1S/C46H30N2/c1-4-12-34(13-5-1)47(35-14-6-2-7-15-35)37-25-20-31(21-26-37)38-27-22-32-23-29-41-45-33(24-28-39(38)44(32)45)30-43-46(41)40-18-10-11-19-42(40)48(43)36-16-8-3-9-17-36/h1-30H. The number of para-hydroxylation sites is 4. The molecule has 0 atom stereocenters. The van der Waals surface area contributed by atoms with E-state index < -0.39 is 0 Å². The summed E-state index contributed by atoms with van der Waals surface area (Å²) in [5.74, 6) is 0. The van der Waals surface area contributed by atoms with Crippen molar-refractivity contribution in [2.24, 2.45) is 0 Å². The maximum Gasteiger partial charge on any atom is 0.0553 e. The molecule has 0 radical (unpaired) electrons. The first-order valence-electron chi connectivity index (χ1n) is 16.5. The first kappa shape index (κ1) is 26.8. The third-order valence-corrected chi connectivity index (χ3v) is 9.90. The van der Waals surface area contributed by atoms with Crippen molar-refractivity contribution in [1.29, 1.82) is 0 Å². The lowest BCUT2D eigenvalue weighted by Crippen LogP contribution is -2.09. The first-order chi connectivity index (χ1) is 23.8. The summed E-state index contributed by atoms with van der Waals surface area (Å²) in [6.45, 7) is 0. The molecule has 10 aromatic rings. The molecule has 2 heteroatoms. The number of hydrogen-bond donors (Lipinski definition) is 0. The largest absolute Gasteiger partial charge is 0.311 e. The predicted octanol–water partition coefficient (Wildman–Crippen LogP) is 12.8. The Labute approximate surface area is 278 Å². The van der Waals surface area contributed by atoms with Gasteiger partial charge in [0.05, 0.1) is 11.0 Å². The van der Waals surface area contributed by atoms with Crippen molar-refractivity contribution in [2.75, 3.05) is 4.90 Å². The SMILES string of the molecule is c1ccc(N(c2ccccc2)c2ccc(-c3ccc4ccc5c6c(ccc3c46)cc3c5c4ccccc4n3-c3ccccc3)cc2)cc1. The molecule has 0 aliphatic rings. The van der Waals surface area contributed by atoms with Crippen LogP contribution < -0.4 is 4.90 Å². The molecular weight excluding hydrogens is 581 g/mol. The molecule has 0 saturated carbocycles. The van der Waals surface area contributed by atoms with Crippen LogP contribution in [0.15, 0.2) is 182 Å². The van der Waals surface area contributed by atoms with E-state index in [2.05, 4.69) is 191 Å². The number of hydrogen-bond acceptors (Lipinski definition) is 1. The summed E-state index contributed by atoms with van der Waals surface area (Å²) in [6.07, 6.45) is 0. The van der Waals surface area contributed by atoms with Crippen molar-refractivity contribution in [1.82, 2.24) is 4.57 Å². The normalized spacial score (nSPS) is 11.8. The summed E-state index contributed by atoms with van der Waals surface area (Å²) < 4.78 is 2.42. The van der Waals surface area contributed by atoms with Crippen LogP contribution in [0.1, 0.15) is 0 Å². The Morgan fingerprint density at radius 2 is 0.917 bits per heavy atom. The van der Waals surface area contributed by atoms with Gasteiger partial charge in [-0.25, -0.2) is 0 Å². The van der Waals surface area contributed by atoms with Crippen molar-refractivity contribution in [3.05, 3.63) is 182 Å². The van der Waals surface area contributed by atoms with Crippen molar-refractivity contribution < 1.29 is 0 Å². The number of benzene rings is 9. The van der Waals surface area contributed by atoms with E-state index in [1.54, 1.807) is 0 Å². The maximum absolute atomic E-state index is 2.42. The number of aromatic nitrogens is 1. The number of anilines is 3. The van der Waals surface area contributed by atoms with Gasteiger partial charge in [-0.15, -0.1) is 0 Å². The Morgan fingerprint density at radius 3 is 1.65 bits per heavy atom. The van der Waals surface area contributed by atoms with Crippen molar-refractivity contribution in [3.63, 3.8) is 0 Å². The van der Waals surface area contributed by atoms with Crippen LogP contribution in [-0.2, 0) is 0 Å². The molecule has 1 aromatic heterocycles. The zero-order valence-corrected chi connectivity index (χ0v) is 26.2. The zero-order valence-electron chi connectivity index (χ0n) is 26.2. The van der Waals surface area contributed by atoms with Crippen LogP contribution >= 0.6 is 0 Å². The van der Waals surface area contributed by atoms with E-state index in [-0.39, 0.29) is 0 Å². The van der Waals surface area contributed by atoms with Crippen LogP contribution in [0.4, 0.5) is 17.1 Å². The summed E-state index contributed by atoms with van der Waals surface area (Å²) >= 11 is 0. The number of rotatable bonds is 5. The van der Waals surface area contributed by atoms with Crippen LogP contribution in [0, 0.1) is 0 Å². The summed E-state index contributed by atoms with van der Waals surface area (Å²) in [5, 5.41) is 10.4. The average molecular weight is 611 g/mol. The molecule has 0 fully saturated rings. The van der Waals surface area contributed by atoms with E-state index in [4.69, 9.17) is 0 Å². The van der Waals surface area contributed by atoms with Gasteiger partial charge in [-0.1, -0.05) is 121 Å². The molecule has 9 aromatic carbocycles. The van der Waals surface area contributed by atoms with E-state index in [0.717, 1.165) is 17.1 Å². The Kier molecular flexibility index (Phi) is 5.91. The lowest BCUT2D eigenvalue weighted by atomic mass is 9.88. The second-order valence-corrected chi connectivity index (χ2v) is 12.5. The van der Waals surface area contributed by atoms with Gasteiger partial charge in [0.2, 0.25) is 0 Å². The van der Waals surface area contributed by atoms with Crippen molar-refractivity contribution >= 4 is 71.2 Å². The molecular formula is C46H30N2. The third-order valence-electron chi connectivity index (χ3n) is 9.90. The Bertz CT molecular complexity index is 2700. The lowest BCUT2D eigenvalue weighted by molar-refractivity contribution is 1.18. The van der Waals surface area contributed by atoms with E-state index in [1.807, 2.05) is 0 Å². The molecule has 1 heterocycles. The van der Waals surface area contributed by atoms with Gasteiger partial charge >= 0.3 is 0 Å². The minimum atomic E-state index is 1.13. The molecule has 10 rings (SSSR count). The molecule has 0 N–H and O–H groups in total. The van der Waals surface area contributed by atoms with Gasteiger partial charge < -0.3 is 9.47 Å². The van der Waals surface area contributed by atoms with Gasteiger partial charge in [-0.3, -0.25) is 0 Å². The highest BCUT2D eigenvalue weighted by Crippen LogP contribution is 2.45. The summed E-state index contributed by atoms with van der Waals surface area (Å²) in [5.41, 5.74) is 9.52. The summed E-state index contributed by atoms with van der Waals surface area (Å²) in [7, 11) is 0. The average Bonchev–Trinajstić information content (AvgIpc) is 3.49. The highest BCUT2D eigenvalue weighted by Gasteiger charge is 2.20. The van der Waals surface area contributed by atoms with E-state index in [0.29, 0.717) is 0 Å². The lowest BCUT2D eigenvalue weighted by Gasteiger charge is -2.25. The number of fused-ring (bicyclic) bond motifs is 4. The van der Waals surface area contributed by atoms with E-state index in [1.165, 1.54) is 70.9 Å². The topological polar surface area (TPSA) is 8.17 Å². The van der Waals surface area contributed by atoms with Crippen LogP contribution in [0.2, 0.25) is 0 Å². The zero-order chi connectivity index (χ0) is 31.6. The minimum Gasteiger partial charge on any atom is -0.311 e. The van der Waals surface area contributed by atoms with Gasteiger partial charge in [0.15, 0.2) is 0 Å². The Morgan fingerprint density at radius 1 is 0.354 bits per heavy atom. The molecule has 0 unspecified atom stereocenters. The molecule has 0 aliphatic heterocycles. The molecule has 0 saturated heterocycles. The quantitative estimate of drug-likeness (QED) is 0.176. The molecule has 0 amide bonds. The highest BCUT2D eigenvalue weighted by molar-refractivity contribution is 6.34. The first-order valence-corrected chi connectivity index (χ1v) is 16.5. The molecule has 224 valence electrons. The third kappa shape index (κ3) is 4.00. The second kappa shape index (κ2) is 10.6. The fraction of sp³-hybridized carbons (Fsp3) is 0. The molecule has 0 spiro atoms. The Hall–Kier alpha value is -6.38. The summed E-state index contributed by atoms with van der Waals surface area (Å²) in [6, 6.07) is 66.0. The monoisotopic (exact) mass is 610 g/mol. The fourth-order valence-corrected chi connectivity index (χ4v) is 7.83. The summed E-state index contributed by atoms with van der Waals surface area (Å²) in [4.78, 5) is 2.31. The highest BCUT2D eigenvalue weighted by atomic mass is 15.1. The fourth-order valence-electron chi connectivity index (χ4n) is 7.83. The van der Waals surface area contributed by atoms with Gasteiger partial charge in [0.25, 0.3) is 0 Å². The molecule has 0 bridgehead atoms. The van der Waals surface area contributed by atoms with Crippen molar-refractivity contribution in [2.45, 2.75) is 0 Å². The minimum absolute atomic E-state index is 1.13. The number of nitrogens with zero attached hydrogens (tertiary/aromatic N) is 2.